The van der Waals surface area contributed by atoms with E-state index in [9.17, 15) is 9.59 Å². The maximum absolute atomic E-state index is 12.4. The van der Waals surface area contributed by atoms with E-state index in [1.54, 1.807) is 48.5 Å². The smallest absolute Gasteiger partial charge is 0.265 e. The molecule has 0 aliphatic heterocycles. The minimum absolute atomic E-state index is 0.172. The van der Waals surface area contributed by atoms with Crippen LogP contribution < -0.4 is 15.4 Å². The van der Waals surface area contributed by atoms with Crippen LogP contribution in [0.15, 0.2) is 48.5 Å². The van der Waals surface area contributed by atoms with Gasteiger partial charge in [-0.3, -0.25) is 9.59 Å². The van der Waals surface area contributed by atoms with Crippen LogP contribution >= 0.6 is 11.6 Å². The molecule has 0 spiro atoms. The lowest BCUT2D eigenvalue weighted by molar-refractivity contribution is -0.122. The zero-order chi connectivity index (χ0) is 17.5. The second kappa shape index (κ2) is 8.36. The lowest BCUT2D eigenvalue weighted by atomic mass is 10.2. The number of anilines is 2. The number of amides is 2. The van der Waals surface area contributed by atoms with Gasteiger partial charge in [0.2, 0.25) is 5.91 Å². The highest BCUT2D eigenvalue weighted by Gasteiger charge is 2.18. The third-order valence-electron chi connectivity index (χ3n) is 3.19. The van der Waals surface area contributed by atoms with Gasteiger partial charge in [0.15, 0.2) is 6.10 Å². The second-order valence-electron chi connectivity index (χ2n) is 5.22. The van der Waals surface area contributed by atoms with Crippen LogP contribution in [0.5, 0.6) is 5.75 Å². The van der Waals surface area contributed by atoms with Crippen molar-refractivity contribution in [2.24, 2.45) is 0 Å². The molecular weight excluding hydrogens is 328 g/mol. The number of carbonyl (C=O) groups excluding carboxylic acids is 2. The van der Waals surface area contributed by atoms with E-state index in [1.807, 2.05) is 6.92 Å². The van der Waals surface area contributed by atoms with E-state index in [0.29, 0.717) is 28.6 Å². The molecule has 0 heterocycles. The van der Waals surface area contributed by atoms with Gasteiger partial charge in [0.05, 0.1) is 0 Å². The van der Waals surface area contributed by atoms with Crippen molar-refractivity contribution in [1.29, 1.82) is 0 Å². The molecule has 0 aliphatic rings. The quantitative estimate of drug-likeness (QED) is 0.827. The molecule has 2 N–H and O–H groups in total. The Morgan fingerprint density at radius 2 is 1.75 bits per heavy atom. The summed E-state index contributed by atoms with van der Waals surface area (Å²) in [7, 11) is 0. The molecule has 0 unspecified atom stereocenters. The van der Waals surface area contributed by atoms with Crippen LogP contribution in [0.25, 0.3) is 0 Å². The number of rotatable bonds is 6. The standard InChI is InChI=1S/C18H19ClN2O3/c1-3-17(24-16-9-4-6-13(19)10-16)18(23)21-15-8-5-7-14(11-15)20-12(2)22/h4-11,17H,3H2,1-2H3,(H,20,22)(H,21,23)/t17-/m0/s1. The lowest BCUT2D eigenvalue weighted by Gasteiger charge is -2.17. The lowest BCUT2D eigenvalue weighted by Crippen LogP contribution is -2.32. The van der Waals surface area contributed by atoms with E-state index in [1.165, 1.54) is 6.92 Å². The highest BCUT2D eigenvalue weighted by molar-refractivity contribution is 6.30. The van der Waals surface area contributed by atoms with Gasteiger partial charge in [0.1, 0.15) is 5.75 Å². The fraction of sp³-hybridized carbons (Fsp3) is 0.222. The average Bonchev–Trinajstić information content (AvgIpc) is 2.52. The van der Waals surface area contributed by atoms with Crippen molar-refractivity contribution in [3.05, 3.63) is 53.6 Å². The number of nitrogens with one attached hydrogen (secondary N) is 2. The van der Waals surface area contributed by atoms with Crippen molar-refractivity contribution in [3.63, 3.8) is 0 Å². The van der Waals surface area contributed by atoms with Crippen LogP contribution in [0.2, 0.25) is 5.02 Å². The summed E-state index contributed by atoms with van der Waals surface area (Å²) in [6, 6.07) is 13.8. The normalized spacial score (nSPS) is 11.5. The molecule has 0 radical (unpaired) electrons. The van der Waals surface area contributed by atoms with Crippen LogP contribution in [-0.2, 0) is 9.59 Å². The topological polar surface area (TPSA) is 67.4 Å². The number of benzene rings is 2. The minimum Gasteiger partial charge on any atom is -0.481 e. The molecule has 2 rings (SSSR count). The first-order valence-corrected chi connectivity index (χ1v) is 7.96. The van der Waals surface area contributed by atoms with Gasteiger partial charge >= 0.3 is 0 Å². The van der Waals surface area contributed by atoms with Crippen LogP contribution in [0.4, 0.5) is 11.4 Å². The highest BCUT2D eigenvalue weighted by Crippen LogP contribution is 2.20. The fourth-order valence-corrected chi connectivity index (χ4v) is 2.31. The van der Waals surface area contributed by atoms with Crippen LogP contribution in [0.1, 0.15) is 20.3 Å². The summed E-state index contributed by atoms with van der Waals surface area (Å²) in [4.78, 5) is 23.5. The summed E-state index contributed by atoms with van der Waals surface area (Å²) < 4.78 is 5.71. The highest BCUT2D eigenvalue weighted by atomic mass is 35.5. The Morgan fingerprint density at radius 3 is 2.38 bits per heavy atom. The Morgan fingerprint density at radius 1 is 1.08 bits per heavy atom. The molecule has 0 saturated heterocycles. The largest absolute Gasteiger partial charge is 0.481 e. The summed E-state index contributed by atoms with van der Waals surface area (Å²) in [6.07, 6.45) is -0.142. The van der Waals surface area contributed by atoms with Crippen molar-refractivity contribution in [2.75, 3.05) is 10.6 Å². The van der Waals surface area contributed by atoms with Crippen molar-refractivity contribution in [3.8, 4) is 5.75 Å². The van der Waals surface area contributed by atoms with Gasteiger partial charge in [-0.05, 0) is 42.8 Å². The maximum Gasteiger partial charge on any atom is 0.265 e. The molecular formula is C18H19ClN2O3. The monoisotopic (exact) mass is 346 g/mol. The first kappa shape index (κ1) is 17.8. The van der Waals surface area contributed by atoms with Gasteiger partial charge in [-0.2, -0.15) is 0 Å². The van der Waals surface area contributed by atoms with Crippen molar-refractivity contribution >= 4 is 34.8 Å². The fourth-order valence-electron chi connectivity index (χ4n) is 2.13. The van der Waals surface area contributed by atoms with E-state index in [2.05, 4.69) is 10.6 Å². The van der Waals surface area contributed by atoms with Gasteiger partial charge < -0.3 is 15.4 Å². The summed E-state index contributed by atoms with van der Waals surface area (Å²) in [5.74, 6) is 0.100. The van der Waals surface area contributed by atoms with Crippen LogP contribution in [0, 0.1) is 0 Å². The summed E-state index contributed by atoms with van der Waals surface area (Å²) in [6.45, 7) is 3.29. The Kier molecular flexibility index (Phi) is 6.21. The third kappa shape index (κ3) is 5.28. The Bertz CT molecular complexity index is 734. The number of carbonyl (C=O) groups is 2. The SMILES string of the molecule is CC[C@H](Oc1cccc(Cl)c1)C(=O)Nc1cccc(NC(C)=O)c1. The second-order valence-corrected chi connectivity index (χ2v) is 5.66. The van der Waals surface area contributed by atoms with Crippen molar-refractivity contribution in [2.45, 2.75) is 26.4 Å². The van der Waals surface area contributed by atoms with Crippen molar-refractivity contribution in [1.82, 2.24) is 0 Å². The summed E-state index contributed by atoms with van der Waals surface area (Å²) >= 11 is 5.92. The maximum atomic E-state index is 12.4. The molecule has 1 atom stereocenters. The molecule has 0 aromatic heterocycles. The summed E-state index contributed by atoms with van der Waals surface area (Å²) in [5, 5.41) is 6.01. The van der Waals surface area contributed by atoms with E-state index >= 15 is 0 Å². The van der Waals surface area contributed by atoms with Gasteiger partial charge in [-0.1, -0.05) is 30.7 Å². The van der Waals surface area contributed by atoms with Gasteiger partial charge in [0, 0.05) is 23.3 Å². The average molecular weight is 347 g/mol. The van der Waals surface area contributed by atoms with E-state index < -0.39 is 6.10 Å². The Labute approximate surface area is 146 Å². The first-order chi connectivity index (χ1) is 11.5. The van der Waals surface area contributed by atoms with E-state index in [0.717, 1.165) is 0 Å². The molecule has 0 bridgehead atoms. The van der Waals surface area contributed by atoms with Gasteiger partial charge in [-0.25, -0.2) is 0 Å². The molecule has 126 valence electrons. The molecule has 2 aromatic rings. The summed E-state index contributed by atoms with van der Waals surface area (Å²) in [5.41, 5.74) is 1.20. The molecule has 0 saturated carbocycles. The molecule has 0 aliphatic carbocycles. The van der Waals surface area contributed by atoms with Gasteiger partial charge in [0.25, 0.3) is 5.91 Å². The molecule has 0 fully saturated rings. The zero-order valence-corrected chi connectivity index (χ0v) is 14.3. The molecule has 5 nitrogen and oxygen atoms in total. The number of ether oxygens (including phenoxy) is 1. The third-order valence-corrected chi connectivity index (χ3v) is 3.42. The van der Waals surface area contributed by atoms with E-state index in [-0.39, 0.29) is 11.8 Å². The predicted molar refractivity (Wildman–Crippen MR) is 95.5 cm³/mol. The number of hydrogen-bond acceptors (Lipinski definition) is 3. The molecule has 24 heavy (non-hydrogen) atoms. The Hall–Kier alpha value is -2.53. The predicted octanol–water partition coefficient (Wildman–Crippen LogP) is 4.09. The molecule has 2 aromatic carbocycles. The van der Waals surface area contributed by atoms with Crippen LogP contribution in [-0.4, -0.2) is 17.9 Å². The van der Waals surface area contributed by atoms with E-state index in [4.69, 9.17) is 16.3 Å². The Balaban J connectivity index is 2.05. The minimum atomic E-state index is -0.645. The van der Waals surface area contributed by atoms with Crippen molar-refractivity contribution < 1.29 is 14.3 Å². The molecule has 2 amide bonds. The number of hydrogen-bond donors (Lipinski definition) is 2. The number of halogens is 1. The first-order valence-electron chi connectivity index (χ1n) is 7.58. The molecule has 6 heteroatoms. The zero-order valence-electron chi connectivity index (χ0n) is 13.5. The van der Waals surface area contributed by atoms with Crippen LogP contribution in [0.3, 0.4) is 0 Å². The van der Waals surface area contributed by atoms with Gasteiger partial charge in [-0.15, -0.1) is 0 Å².